The molecular formula is C69H137NO5. The number of aliphatic hydroxyl groups is 2. The van der Waals surface area contributed by atoms with Crippen molar-refractivity contribution in [1.82, 2.24) is 5.32 Å². The van der Waals surface area contributed by atoms with Crippen LogP contribution in [-0.2, 0) is 14.3 Å². The highest BCUT2D eigenvalue weighted by molar-refractivity contribution is 5.76. The van der Waals surface area contributed by atoms with E-state index in [1.165, 1.54) is 334 Å². The van der Waals surface area contributed by atoms with E-state index in [1.807, 2.05) is 0 Å². The van der Waals surface area contributed by atoms with Gasteiger partial charge in [0.25, 0.3) is 0 Å². The molecule has 0 aliphatic rings. The van der Waals surface area contributed by atoms with Crippen LogP contribution in [0.1, 0.15) is 406 Å². The van der Waals surface area contributed by atoms with E-state index in [2.05, 4.69) is 19.2 Å². The summed E-state index contributed by atoms with van der Waals surface area (Å²) in [5.74, 6) is -0.0198. The van der Waals surface area contributed by atoms with Crippen LogP contribution in [0, 0.1) is 0 Å². The maximum Gasteiger partial charge on any atom is 0.305 e. The number of esters is 1. The summed E-state index contributed by atoms with van der Waals surface area (Å²) in [5.41, 5.74) is 0. The molecule has 0 saturated heterocycles. The first-order valence-corrected chi connectivity index (χ1v) is 34.8. The monoisotopic (exact) mass is 1060 g/mol. The van der Waals surface area contributed by atoms with Gasteiger partial charge in [0.1, 0.15) is 0 Å². The predicted octanol–water partition coefficient (Wildman–Crippen LogP) is 22.2. The standard InChI is InChI=1S/C69H137NO5/c1-3-5-7-9-11-13-15-17-19-21-23-24-25-26-29-33-37-41-45-49-53-57-61-67(72)66(65-71)70-68(73)62-58-54-50-46-42-38-34-30-27-28-32-36-40-44-48-52-56-60-64-75-69(74)63-59-55-51-47-43-39-35-31-22-20-18-16-14-12-10-8-6-4-2/h66-67,71-72H,3-65H2,1-2H3,(H,70,73). The molecule has 0 rings (SSSR count). The zero-order valence-corrected chi connectivity index (χ0v) is 51.3. The zero-order chi connectivity index (χ0) is 54.3. The van der Waals surface area contributed by atoms with Crippen molar-refractivity contribution in [3.05, 3.63) is 0 Å². The Hall–Kier alpha value is -1.14. The highest BCUT2D eigenvalue weighted by Gasteiger charge is 2.20. The molecule has 0 radical (unpaired) electrons. The molecule has 0 spiro atoms. The Labute approximate surface area is 470 Å². The molecule has 0 bridgehead atoms. The van der Waals surface area contributed by atoms with Crippen molar-refractivity contribution < 1.29 is 24.5 Å². The largest absolute Gasteiger partial charge is 0.466 e. The van der Waals surface area contributed by atoms with Crippen molar-refractivity contribution in [2.45, 2.75) is 418 Å². The number of hydrogen-bond donors (Lipinski definition) is 3. The number of carbonyl (C=O) groups excluding carboxylic acids is 2. The lowest BCUT2D eigenvalue weighted by molar-refractivity contribution is -0.143. The third-order valence-corrected chi connectivity index (χ3v) is 16.7. The Kier molecular flexibility index (Phi) is 64.4. The van der Waals surface area contributed by atoms with Crippen LogP contribution in [0.25, 0.3) is 0 Å². The van der Waals surface area contributed by atoms with E-state index >= 15 is 0 Å². The van der Waals surface area contributed by atoms with Gasteiger partial charge in [-0.25, -0.2) is 0 Å². The summed E-state index contributed by atoms with van der Waals surface area (Å²) < 4.78 is 5.51. The molecule has 0 aliphatic carbocycles. The third-order valence-electron chi connectivity index (χ3n) is 16.7. The van der Waals surface area contributed by atoms with Gasteiger partial charge in [-0.3, -0.25) is 9.59 Å². The van der Waals surface area contributed by atoms with Gasteiger partial charge >= 0.3 is 5.97 Å². The number of ether oxygens (including phenoxy) is 1. The van der Waals surface area contributed by atoms with E-state index in [9.17, 15) is 19.8 Å². The van der Waals surface area contributed by atoms with Gasteiger partial charge in [-0.1, -0.05) is 367 Å². The minimum Gasteiger partial charge on any atom is -0.466 e. The summed E-state index contributed by atoms with van der Waals surface area (Å²) in [6.07, 6.45) is 78.5. The lowest BCUT2D eigenvalue weighted by atomic mass is 10.0. The molecule has 0 fully saturated rings. The second-order valence-electron chi connectivity index (χ2n) is 24.2. The summed E-state index contributed by atoms with van der Waals surface area (Å²) in [6.45, 7) is 5.00. The van der Waals surface area contributed by atoms with E-state index < -0.39 is 12.1 Å². The fraction of sp³-hybridized carbons (Fsp3) is 0.971. The average Bonchev–Trinajstić information content (AvgIpc) is 3.41. The second kappa shape index (κ2) is 65.4. The molecule has 2 unspecified atom stereocenters. The van der Waals surface area contributed by atoms with Gasteiger partial charge in [0.05, 0.1) is 25.4 Å². The predicted molar refractivity (Wildman–Crippen MR) is 329 cm³/mol. The van der Waals surface area contributed by atoms with Crippen molar-refractivity contribution in [2.75, 3.05) is 13.2 Å². The molecule has 3 N–H and O–H groups in total. The fourth-order valence-corrected chi connectivity index (χ4v) is 11.4. The first kappa shape index (κ1) is 73.9. The van der Waals surface area contributed by atoms with Gasteiger partial charge in [0.15, 0.2) is 0 Å². The fourth-order valence-electron chi connectivity index (χ4n) is 11.4. The van der Waals surface area contributed by atoms with Crippen LogP contribution in [0.4, 0.5) is 0 Å². The molecule has 448 valence electrons. The van der Waals surface area contributed by atoms with E-state index in [-0.39, 0.29) is 18.5 Å². The topological polar surface area (TPSA) is 95.9 Å². The van der Waals surface area contributed by atoms with Crippen molar-refractivity contribution in [3.63, 3.8) is 0 Å². The highest BCUT2D eigenvalue weighted by Crippen LogP contribution is 2.19. The van der Waals surface area contributed by atoms with Gasteiger partial charge in [0, 0.05) is 12.8 Å². The molecule has 0 aromatic heterocycles. The van der Waals surface area contributed by atoms with E-state index in [0.717, 1.165) is 38.5 Å². The Morgan fingerprint density at radius 2 is 0.547 bits per heavy atom. The van der Waals surface area contributed by atoms with Gasteiger partial charge in [-0.05, 0) is 25.7 Å². The van der Waals surface area contributed by atoms with Crippen molar-refractivity contribution in [1.29, 1.82) is 0 Å². The Bertz CT molecular complexity index is 1080. The molecular weight excluding hydrogens is 923 g/mol. The SMILES string of the molecule is CCCCCCCCCCCCCCCCCCCCCCCCC(O)C(CO)NC(=O)CCCCCCCCCCCCCCCCCCCCOC(=O)CCCCCCCCCCCCCCCCCCCC. The Morgan fingerprint density at radius 1 is 0.320 bits per heavy atom. The number of amides is 1. The van der Waals surface area contributed by atoms with Gasteiger partial charge < -0.3 is 20.3 Å². The highest BCUT2D eigenvalue weighted by atomic mass is 16.5. The number of aliphatic hydroxyl groups excluding tert-OH is 2. The number of unbranched alkanes of at least 4 members (excludes halogenated alkanes) is 55. The van der Waals surface area contributed by atoms with Gasteiger partial charge in [-0.15, -0.1) is 0 Å². The molecule has 0 aromatic carbocycles. The van der Waals surface area contributed by atoms with Crippen LogP contribution in [0.5, 0.6) is 0 Å². The maximum atomic E-state index is 12.5. The summed E-state index contributed by atoms with van der Waals surface area (Å²) in [5, 5.41) is 23.4. The van der Waals surface area contributed by atoms with Crippen LogP contribution >= 0.6 is 0 Å². The van der Waals surface area contributed by atoms with Crippen molar-refractivity contribution in [2.24, 2.45) is 0 Å². The molecule has 2 atom stereocenters. The van der Waals surface area contributed by atoms with Crippen LogP contribution in [-0.4, -0.2) is 47.4 Å². The first-order valence-electron chi connectivity index (χ1n) is 34.8. The number of nitrogens with one attached hydrogen (secondary N) is 1. The average molecular weight is 1060 g/mol. The number of carbonyl (C=O) groups is 2. The van der Waals surface area contributed by atoms with E-state index in [1.54, 1.807) is 0 Å². The quantitative estimate of drug-likeness (QED) is 0.0417. The summed E-state index contributed by atoms with van der Waals surface area (Å²) in [7, 11) is 0. The van der Waals surface area contributed by atoms with E-state index in [0.29, 0.717) is 25.9 Å². The van der Waals surface area contributed by atoms with Gasteiger partial charge in [0.2, 0.25) is 5.91 Å². The molecule has 0 aliphatic heterocycles. The smallest absolute Gasteiger partial charge is 0.305 e. The van der Waals surface area contributed by atoms with Crippen LogP contribution in [0.2, 0.25) is 0 Å². The normalized spacial score (nSPS) is 12.4. The van der Waals surface area contributed by atoms with Crippen molar-refractivity contribution >= 4 is 11.9 Å². The Morgan fingerprint density at radius 3 is 0.813 bits per heavy atom. The molecule has 0 heterocycles. The number of hydrogen-bond acceptors (Lipinski definition) is 5. The zero-order valence-electron chi connectivity index (χ0n) is 51.3. The lowest BCUT2D eigenvalue weighted by Crippen LogP contribution is -2.45. The summed E-state index contributed by atoms with van der Waals surface area (Å²) >= 11 is 0. The van der Waals surface area contributed by atoms with Crippen LogP contribution in [0.15, 0.2) is 0 Å². The summed E-state index contributed by atoms with van der Waals surface area (Å²) in [6, 6.07) is -0.545. The number of rotatable bonds is 66. The van der Waals surface area contributed by atoms with E-state index in [4.69, 9.17) is 4.74 Å². The molecule has 6 heteroatoms. The minimum absolute atomic E-state index is 0.0135. The third kappa shape index (κ3) is 61.9. The lowest BCUT2D eigenvalue weighted by Gasteiger charge is -2.22. The maximum absolute atomic E-state index is 12.5. The Balaban J connectivity index is 3.38. The van der Waals surface area contributed by atoms with Gasteiger partial charge in [-0.2, -0.15) is 0 Å². The molecule has 6 nitrogen and oxygen atoms in total. The molecule has 75 heavy (non-hydrogen) atoms. The minimum atomic E-state index is -0.667. The van der Waals surface area contributed by atoms with Crippen LogP contribution in [0.3, 0.4) is 0 Å². The molecule has 1 amide bonds. The van der Waals surface area contributed by atoms with Crippen molar-refractivity contribution in [3.8, 4) is 0 Å². The molecule has 0 aromatic rings. The second-order valence-corrected chi connectivity index (χ2v) is 24.2. The van der Waals surface area contributed by atoms with Crippen LogP contribution < -0.4 is 5.32 Å². The first-order chi connectivity index (χ1) is 37.0. The molecule has 0 saturated carbocycles. The summed E-state index contributed by atoms with van der Waals surface area (Å²) in [4.78, 5) is 24.7.